The van der Waals surface area contributed by atoms with Gasteiger partial charge in [-0.05, 0) is 65.3 Å². The molecular weight excluding hydrogens is 772 g/mol. The van der Waals surface area contributed by atoms with Crippen LogP contribution in [-0.2, 0) is 47.5 Å². The van der Waals surface area contributed by atoms with Crippen molar-refractivity contribution in [3.8, 4) is 5.75 Å². The molecule has 3 aliphatic carbocycles. The lowest BCUT2D eigenvalue weighted by Gasteiger charge is -2.53. The average Bonchev–Trinajstić information content (AvgIpc) is 3.16. The van der Waals surface area contributed by atoms with Crippen LogP contribution in [0.1, 0.15) is 112 Å². The summed E-state index contributed by atoms with van der Waals surface area (Å²) in [7, 11) is 0. The highest BCUT2D eigenvalue weighted by atomic mass is 16.7. The van der Waals surface area contributed by atoms with Gasteiger partial charge in [-0.1, -0.05) is 12.1 Å². The lowest BCUT2D eigenvalue weighted by atomic mass is 9.57. The second-order valence-electron chi connectivity index (χ2n) is 17.1. The van der Waals surface area contributed by atoms with Gasteiger partial charge in [-0.25, -0.2) is 0 Å². The summed E-state index contributed by atoms with van der Waals surface area (Å²) in [5, 5.41) is 47.0. The maximum absolute atomic E-state index is 14.2. The van der Waals surface area contributed by atoms with E-state index in [0.29, 0.717) is 12.8 Å². The Kier molecular flexibility index (Phi) is 10.8. The third-order valence-corrected chi connectivity index (χ3v) is 12.7. The molecule has 0 bridgehead atoms. The van der Waals surface area contributed by atoms with E-state index in [2.05, 4.69) is 0 Å². The van der Waals surface area contributed by atoms with Crippen LogP contribution in [0.3, 0.4) is 0 Å². The molecule has 1 saturated carbocycles. The van der Waals surface area contributed by atoms with E-state index in [1.807, 2.05) is 6.92 Å². The molecule has 318 valence electrons. The summed E-state index contributed by atoms with van der Waals surface area (Å²) in [5.74, 6) is -3.50. The quantitative estimate of drug-likeness (QED) is 0.310. The van der Waals surface area contributed by atoms with Crippen molar-refractivity contribution in [3.05, 3.63) is 64.3 Å². The van der Waals surface area contributed by atoms with Crippen molar-refractivity contribution in [2.45, 2.75) is 164 Å². The molecule has 4 aliphatic heterocycles. The number of Topliss-reactive ketones (excluding diaryl/α,β-unsaturated/α-hetero) is 4. The zero-order chi connectivity index (χ0) is 42.3. The summed E-state index contributed by atoms with van der Waals surface area (Å²) in [6.45, 7) is 8.36. The third-order valence-electron chi connectivity index (χ3n) is 12.7. The Morgan fingerprint density at radius 1 is 0.831 bits per heavy atom. The van der Waals surface area contributed by atoms with Crippen LogP contribution in [-0.4, -0.2) is 128 Å². The first-order valence-corrected chi connectivity index (χ1v) is 20.2. The minimum absolute atomic E-state index is 0.0448. The second kappa shape index (κ2) is 15.3. The van der Waals surface area contributed by atoms with E-state index in [0.717, 1.165) is 6.08 Å². The van der Waals surface area contributed by atoms with E-state index in [-0.39, 0.29) is 65.6 Å². The van der Waals surface area contributed by atoms with E-state index in [1.165, 1.54) is 24.3 Å². The zero-order valence-corrected chi connectivity index (χ0v) is 33.5. The number of aliphatic hydroxyl groups excluding tert-OH is 1. The highest BCUT2D eigenvalue weighted by Gasteiger charge is 2.67. The number of ketones is 5. The number of allylic oxidation sites excluding steroid dienone is 2. The van der Waals surface area contributed by atoms with Gasteiger partial charge < -0.3 is 53.6 Å². The first kappa shape index (κ1) is 41.9. The summed E-state index contributed by atoms with van der Waals surface area (Å²) in [4.78, 5) is 66.1. The summed E-state index contributed by atoms with van der Waals surface area (Å²) in [5.41, 5.74) is -7.99. The number of benzene rings is 1. The highest BCUT2D eigenvalue weighted by molar-refractivity contribution is 6.32. The number of phenolic OH excluding ortho intramolecular Hbond substituents is 1. The Bertz CT molecular complexity index is 2040. The SMILES string of the molecule is CC1OC(OC2CCC(O[C@H]3[C@H](C)O[C@H](c4ccc5c(c4O)C(=O)C4=C(C5=O)[C@]5(O)C(=O)C[C@@](C)(OC6CCC(=O)C(C)O6)C[C@@]5(O)C=C4)C[C@@H]3O)OC2C)C=CC1=O. The third kappa shape index (κ3) is 7.20. The van der Waals surface area contributed by atoms with Crippen LogP contribution in [0.4, 0.5) is 0 Å². The Morgan fingerprint density at radius 2 is 1.59 bits per heavy atom. The standard InChI is InChI=1S/C43H50O16/c1-19-26(44)8-11-32(54-19)57-29-10-13-33(56-21(29)3)58-40-22(4)53-30(16-28(40)46)23-6-7-24-35(37(23)48)38(49)25-14-15-42(51)18-41(5,59-34-12-9-27(45)20(2)55-34)17-31(47)43(42,52)36(25)39(24)50/h6-8,11,14-15,19-22,28-30,32-34,40,46,48,51-52H,9-10,12-13,16-18H2,1-5H3/t19?,20?,21?,22-,28-,29?,30-,32?,33?,34?,40-,41+,42-,43+/m0/s1. The summed E-state index contributed by atoms with van der Waals surface area (Å²) >= 11 is 0. The van der Waals surface area contributed by atoms with E-state index in [1.54, 1.807) is 33.8 Å². The Morgan fingerprint density at radius 3 is 2.29 bits per heavy atom. The van der Waals surface area contributed by atoms with Gasteiger partial charge in [0, 0.05) is 55.2 Å². The van der Waals surface area contributed by atoms with Crippen molar-refractivity contribution in [2.75, 3.05) is 0 Å². The average molecular weight is 823 g/mol. The molecule has 7 aliphatic rings. The molecule has 0 aromatic heterocycles. The molecule has 16 nitrogen and oxygen atoms in total. The molecule has 0 spiro atoms. The topological polar surface area (TPSA) is 231 Å². The number of hydrogen-bond donors (Lipinski definition) is 4. The van der Waals surface area contributed by atoms with Crippen molar-refractivity contribution < 1.29 is 77.6 Å². The van der Waals surface area contributed by atoms with Crippen molar-refractivity contribution in [1.29, 1.82) is 0 Å². The molecule has 16 heteroatoms. The maximum atomic E-state index is 14.2. The number of phenols is 1. The highest BCUT2D eigenvalue weighted by Crippen LogP contribution is 2.53. The fourth-order valence-electron chi connectivity index (χ4n) is 9.57. The molecule has 59 heavy (non-hydrogen) atoms. The number of carbonyl (C=O) groups is 5. The molecule has 3 saturated heterocycles. The van der Waals surface area contributed by atoms with Crippen molar-refractivity contribution >= 4 is 28.9 Å². The number of hydrogen-bond acceptors (Lipinski definition) is 16. The Labute approximate surface area is 340 Å². The molecular formula is C43H50O16. The predicted octanol–water partition coefficient (Wildman–Crippen LogP) is 2.71. The molecule has 4 fully saturated rings. The lowest BCUT2D eigenvalue weighted by Crippen LogP contribution is -2.69. The summed E-state index contributed by atoms with van der Waals surface area (Å²) < 4.78 is 42.0. The van der Waals surface area contributed by atoms with Gasteiger partial charge >= 0.3 is 0 Å². The summed E-state index contributed by atoms with van der Waals surface area (Å²) in [6.07, 6.45) is -1.91. The Hall–Kier alpha value is -3.81. The van der Waals surface area contributed by atoms with E-state index >= 15 is 0 Å². The van der Waals surface area contributed by atoms with Crippen LogP contribution in [0.25, 0.3) is 0 Å². The number of aromatic hydroxyl groups is 1. The molecule has 8 rings (SSSR count). The fourth-order valence-corrected chi connectivity index (χ4v) is 9.57. The number of rotatable bonds is 7. The molecule has 0 amide bonds. The monoisotopic (exact) mass is 822 g/mol. The maximum Gasteiger partial charge on any atom is 0.198 e. The van der Waals surface area contributed by atoms with E-state index in [9.17, 15) is 44.4 Å². The Balaban J connectivity index is 0.949. The molecule has 1 aromatic rings. The minimum Gasteiger partial charge on any atom is -0.507 e. The van der Waals surface area contributed by atoms with Crippen molar-refractivity contribution in [2.24, 2.45) is 0 Å². The second-order valence-corrected chi connectivity index (χ2v) is 17.1. The molecule has 4 N–H and O–H groups in total. The number of ether oxygens (including phenoxy) is 7. The van der Waals surface area contributed by atoms with Gasteiger partial charge in [0.2, 0.25) is 0 Å². The minimum atomic E-state index is -2.81. The number of carbonyl (C=O) groups excluding carboxylic acids is 5. The van der Waals surface area contributed by atoms with Gasteiger partial charge in [0.05, 0.1) is 47.3 Å². The van der Waals surface area contributed by atoms with Gasteiger partial charge in [-0.2, -0.15) is 0 Å². The molecule has 0 radical (unpaired) electrons. The number of aliphatic hydroxyl groups is 3. The zero-order valence-electron chi connectivity index (χ0n) is 33.5. The molecule has 1 aromatic carbocycles. The molecule has 14 atom stereocenters. The predicted molar refractivity (Wildman–Crippen MR) is 201 cm³/mol. The first-order valence-electron chi connectivity index (χ1n) is 20.2. The summed E-state index contributed by atoms with van der Waals surface area (Å²) in [6, 6.07) is 2.69. The lowest BCUT2D eigenvalue weighted by molar-refractivity contribution is -0.292. The van der Waals surface area contributed by atoms with Crippen LogP contribution in [0.15, 0.2) is 47.6 Å². The van der Waals surface area contributed by atoms with Crippen LogP contribution in [0, 0.1) is 0 Å². The molecule has 4 heterocycles. The van der Waals surface area contributed by atoms with Crippen LogP contribution >= 0.6 is 0 Å². The normalized spacial score (nSPS) is 42.4. The van der Waals surface area contributed by atoms with Gasteiger partial charge in [-0.15, -0.1) is 0 Å². The largest absolute Gasteiger partial charge is 0.507 e. The van der Waals surface area contributed by atoms with Crippen LogP contribution in [0.2, 0.25) is 0 Å². The van der Waals surface area contributed by atoms with E-state index < -0.39 is 113 Å². The first-order chi connectivity index (χ1) is 27.8. The fraction of sp³-hybridized carbons (Fsp3) is 0.605. The van der Waals surface area contributed by atoms with Gasteiger partial charge in [0.25, 0.3) is 0 Å². The van der Waals surface area contributed by atoms with Crippen LogP contribution < -0.4 is 0 Å². The number of fused-ring (bicyclic) bond motifs is 3. The van der Waals surface area contributed by atoms with Crippen LogP contribution in [0.5, 0.6) is 5.75 Å². The van der Waals surface area contributed by atoms with Crippen molar-refractivity contribution in [3.63, 3.8) is 0 Å². The van der Waals surface area contributed by atoms with E-state index in [4.69, 9.17) is 33.2 Å². The van der Waals surface area contributed by atoms with Gasteiger partial charge in [0.1, 0.15) is 29.7 Å². The molecule has 7 unspecified atom stereocenters. The smallest absolute Gasteiger partial charge is 0.198 e. The van der Waals surface area contributed by atoms with Gasteiger partial charge in [0.15, 0.2) is 53.4 Å². The van der Waals surface area contributed by atoms with Gasteiger partial charge in [-0.3, -0.25) is 24.0 Å². The van der Waals surface area contributed by atoms with Crippen molar-refractivity contribution in [1.82, 2.24) is 0 Å².